The van der Waals surface area contributed by atoms with Crippen molar-refractivity contribution in [1.29, 1.82) is 0 Å². The van der Waals surface area contributed by atoms with Crippen molar-refractivity contribution in [2.75, 3.05) is 0 Å². The van der Waals surface area contributed by atoms with Gasteiger partial charge in [-0.1, -0.05) is 17.7 Å². The molecular formula is C15H14ClNO3. The van der Waals surface area contributed by atoms with Crippen molar-refractivity contribution in [3.05, 3.63) is 58.6 Å². The van der Waals surface area contributed by atoms with Crippen LogP contribution in [0.5, 0.6) is 11.5 Å². The van der Waals surface area contributed by atoms with Crippen molar-refractivity contribution in [3.63, 3.8) is 0 Å². The van der Waals surface area contributed by atoms with Crippen LogP contribution >= 0.6 is 11.6 Å². The number of amides is 1. The number of halogens is 1. The minimum absolute atomic E-state index is 0.405. The molecule has 0 saturated carbocycles. The predicted octanol–water partition coefficient (Wildman–Crippen LogP) is 3.28. The lowest BCUT2D eigenvalue weighted by molar-refractivity contribution is 0.100. The third-order valence-electron chi connectivity index (χ3n) is 2.80. The number of carbonyl (C=O) groups excluding carboxylic acids is 1. The van der Waals surface area contributed by atoms with E-state index < -0.39 is 12.0 Å². The van der Waals surface area contributed by atoms with E-state index in [0.717, 1.165) is 0 Å². The molecule has 0 fully saturated rings. The van der Waals surface area contributed by atoms with Gasteiger partial charge in [-0.05, 0) is 48.9 Å². The van der Waals surface area contributed by atoms with Crippen LogP contribution in [-0.4, -0.2) is 11.0 Å². The van der Waals surface area contributed by atoms with Gasteiger partial charge >= 0.3 is 0 Å². The molecule has 0 bridgehead atoms. The van der Waals surface area contributed by atoms with Crippen LogP contribution in [0, 0.1) is 0 Å². The normalized spacial score (nSPS) is 11.9. The Morgan fingerprint density at radius 1 is 1.25 bits per heavy atom. The molecule has 0 unspecified atom stereocenters. The fraction of sp³-hybridized carbons (Fsp3) is 0.133. The van der Waals surface area contributed by atoms with Gasteiger partial charge in [0.2, 0.25) is 5.91 Å². The molecule has 2 aromatic carbocycles. The number of aliphatic hydroxyl groups is 1. The number of aliphatic hydroxyl groups excluding tert-OH is 1. The molecule has 4 nitrogen and oxygen atoms in total. The lowest BCUT2D eigenvalue weighted by atomic mass is 10.1. The Bertz CT molecular complexity index is 624. The Labute approximate surface area is 121 Å². The monoisotopic (exact) mass is 291 g/mol. The first-order valence-corrected chi connectivity index (χ1v) is 6.40. The van der Waals surface area contributed by atoms with Crippen LogP contribution in [0.4, 0.5) is 0 Å². The van der Waals surface area contributed by atoms with E-state index in [4.69, 9.17) is 22.1 Å². The van der Waals surface area contributed by atoms with Gasteiger partial charge in [-0.15, -0.1) is 0 Å². The minimum Gasteiger partial charge on any atom is -0.456 e. The maximum absolute atomic E-state index is 11.0. The number of ether oxygens (including phenoxy) is 1. The summed E-state index contributed by atoms with van der Waals surface area (Å²) in [6, 6.07) is 11.5. The van der Waals surface area contributed by atoms with Crippen LogP contribution in [0.25, 0.3) is 0 Å². The molecule has 0 spiro atoms. The molecule has 5 heteroatoms. The summed E-state index contributed by atoms with van der Waals surface area (Å²) in [4.78, 5) is 11.0. The second kappa shape index (κ2) is 5.94. The summed E-state index contributed by atoms with van der Waals surface area (Å²) in [6.45, 7) is 1.66. The molecule has 2 aromatic rings. The van der Waals surface area contributed by atoms with Crippen LogP contribution in [-0.2, 0) is 0 Å². The zero-order valence-electron chi connectivity index (χ0n) is 10.8. The second-order valence-electron chi connectivity index (χ2n) is 4.36. The van der Waals surface area contributed by atoms with E-state index in [1.165, 1.54) is 0 Å². The van der Waals surface area contributed by atoms with E-state index in [1.807, 2.05) is 0 Å². The molecule has 104 valence electrons. The number of carbonyl (C=O) groups is 1. The molecule has 0 radical (unpaired) electrons. The van der Waals surface area contributed by atoms with Crippen molar-refractivity contribution in [3.8, 4) is 11.5 Å². The van der Waals surface area contributed by atoms with Gasteiger partial charge in [-0.25, -0.2) is 0 Å². The smallest absolute Gasteiger partial charge is 0.248 e. The molecular weight excluding hydrogens is 278 g/mol. The van der Waals surface area contributed by atoms with Crippen LogP contribution in [0.2, 0.25) is 5.02 Å². The van der Waals surface area contributed by atoms with Gasteiger partial charge in [-0.3, -0.25) is 4.79 Å². The lowest BCUT2D eigenvalue weighted by Gasteiger charge is -2.10. The van der Waals surface area contributed by atoms with Gasteiger partial charge in [0, 0.05) is 5.56 Å². The highest BCUT2D eigenvalue weighted by Gasteiger charge is 2.08. The summed E-state index contributed by atoms with van der Waals surface area (Å²) in [5.41, 5.74) is 6.29. The van der Waals surface area contributed by atoms with Gasteiger partial charge in [0.15, 0.2) is 0 Å². The van der Waals surface area contributed by atoms with Crippen molar-refractivity contribution in [2.24, 2.45) is 5.73 Å². The Hall–Kier alpha value is -2.04. The zero-order chi connectivity index (χ0) is 14.7. The highest BCUT2D eigenvalue weighted by Crippen LogP contribution is 2.31. The molecule has 0 aliphatic rings. The first kappa shape index (κ1) is 14.4. The van der Waals surface area contributed by atoms with E-state index in [1.54, 1.807) is 49.4 Å². The van der Waals surface area contributed by atoms with E-state index in [9.17, 15) is 9.90 Å². The topological polar surface area (TPSA) is 72.6 Å². The Morgan fingerprint density at radius 2 is 1.90 bits per heavy atom. The minimum atomic E-state index is -0.587. The molecule has 2 rings (SSSR count). The summed E-state index contributed by atoms with van der Waals surface area (Å²) < 4.78 is 5.61. The van der Waals surface area contributed by atoms with Gasteiger partial charge in [-0.2, -0.15) is 0 Å². The fourth-order valence-corrected chi connectivity index (χ4v) is 1.90. The average Bonchev–Trinajstić information content (AvgIpc) is 2.41. The van der Waals surface area contributed by atoms with Crippen LogP contribution < -0.4 is 10.5 Å². The van der Waals surface area contributed by atoms with Gasteiger partial charge in [0.25, 0.3) is 0 Å². The number of hydrogen-bond acceptors (Lipinski definition) is 3. The highest BCUT2D eigenvalue weighted by molar-refractivity contribution is 6.32. The van der Waals surface area contributed by atoms with Gasteiger partial charge in [0.05, 0.1) is 11.1 Å². The number of rotatable bonds is 4. The maximum atomic E-state index is 11.0. The maximum Gasteiger partial charge on any atom is 0.248 e. The molecule has 0 aliphatic carbocycles. The number of benzene rings is 2. The highest BCUT2D eigenvalue weighted by atomic mass is 35.5. The van der Waals surface area contributed by atoms with Crippen LogP contribution in [0.1, 0.15) is 28.9 Å². The van der Waals surface area contributed by atoms with E-state index >= 15 is 0 Å². The Kier molecular flexibility index (Phi) is 4.27. The van der Waals surface area contributed by atoms with Crippen LogP contribution in [0.15, 0.2) is 42.5 Å². The standard InChI is InChI=1S/C15H14ClNO3/c1-9(18)11-4-7-14(13(16)8-11)20-12-5-2-10(3-6-12)15(17)19/h2-9,18H,1H3,(H2,17,19)/t9-/m1/s1. The third-order valence-corrected chi connectivity index (χ3v) is 3.10. The van der Waals surface area contributed by atoms with Crippen LogP contribution in [0.3, 0.4) is 0 Å². The van der Waals surface area contributed by atoms with Gasteiger partial charge in [0.1, 0.15) is 11.5 Å². The van der Waals surface area contributed by atoms with E-state index in [2.05, 4.69) is 0 Å². The first-order chi connectivity index (χ1) is 9.47. The quantitative estimate of drug-likeness (QED) is 0.908. The second-order valence-corrected chi connectivity index (χ2v) is 4.76. The lowest BCUT2D eigenvalue weighted by Crippen LogP contribution is -2.10. The molecule has 0 saturated heterocycles. The molecule has 1 atom stereocenters. The zero-order valence-corrected chi connectivity index (χ0v) is 11.6. The average molecular weight is 292 g/mol. The first-order valence-electron chi connectivity index (χ1n) is 6.02. The van der Waals surface area contributed by atoms with Crippen molar-refractivity contribution < 1.29 is 14.6 Å². The van der Waals surface area contributed by atoms with Crippen molar-refractivity contribution in [2.45, 2.75) is 13.0 Å². The molecule has 0 heterocycles. The molecule has 3 N–H and O–H groups in total. The predicted molar refractivity (Wildman–Crippen MR) is 77.1 cm³/mol. The summed E-state index contributed by atoms with van der Waals surface area (Å²) >= 11 is 6.09. The van der Waals surface area contributed by atoms with Crippen molar-refractivity contribution in [1.82, 2.24) is 0 Å². The summed E-state index contributed by atoms with van der Waals surface area (Å²) in [5.74, 6) is 0.528. The third kappa shape index (κ3) is 3.29. The molecule has 0 aliphatic heterocycles. The number of hydrogen-bond donors (Lipinski definition) is 2. The Morgan fingerprint density at radius 3 is 2.40 bits per heavy atom. The summed E-state index contributed by atoms with van der Waals surface area (Å²) in [6.07, 6.45) is -0.587. The summed E-state index contributed by atoms with van der Waals surface area (Å²) in [7, 11) is 0. The Balaban J connectivity index is 2.19. The SMILES string of the molecule is C[C@@H](O)c1ccc(Oc2ccc(C(N)=O)cc2)c(Cl)c1. The van der Waals surface area contributed by atoms with Gasteiger partial charge < -0.3 is 15.6 Å². The molecule has 20 heavy (non-hydrogen) atoms. The number of nitrogens with two attached hydrogens (primary N) is 1. The molecule has 1 amide bonds. The summed E-state index contributed by atoms with van der Waals surface area (Å²) in [5, 5.41) is 9.87. The molecule has 0 aromatic heterocycles. The number of primary amides is 1. The van der Waals surface area contributed by atoms with E-state index in [-0.39, 0.29) is 0 Å². The fourth-order valence-electron chi connectivity index (χ4n) is 1.67. The van der Waals surface area contributed by atoms with E-state index in [0.29, 0.717) is 27.6 Å². The largest absolute Gasteiger partial charge is 0.456 e. The van der Waals surface area contributed by atoms with Crippen molar-refractivity contribution >= 4 is 17.5 Å².